The second-order valence-corrected chi connectivity index (χ2v) is 10.1. The van der Waals surface area contributed by atoms with Crippen molar-refractivity contribution in [3.8, 4) is 0 Å². The minimum Gasteiger partial charge on any atom is -0.352 e. The molecular formula is C25H27ClN2O2S. The van der Waals surface area contributed by atoms with Crippen LogP contribution in [-0.2, 0) is 16.1 Å². The number of amides is 2. The van der Waals surface area contributed by atoms with E-state index >= 15 is 0 Å². The van der Waals surface area contributed by atoms with Crippen LogP contribution >= 0.6 is 23.4 Å². The number of halogens is 1. The molecule has 4 nitrogen and oxygen atoms in total. The highest BCUT2D eigenvalue weighted by molar-refractivity contribution is 8.04. The SMILES string of the molecule is Cc1ccc(CNC(=O)C2CCC3S/C(=C\c4cccc(Cl)c4)C(=O)N(C)C3C2)cc1. The lowest BCUT2D eigenvalue weighted by Crippen LogP contribution is -2.52. The third-order valence-electron chi connectivity index (χ3n) is 6.17. The van der Waals surface area contributed by atoms with Gasteiger partial charge in [0.25, 0.3) is 5.91 Å². The van der Waals surface area contributed by atoms with Crippen LogP contribution in [0.5, 0.6) is 0 Å². The molecule has 3 unspecified atom stereocenters. The molecule has 1 heterocycles. The topological polar surface area (TPSA) is 49.4 Å². The van der Waals surface area contributed by atoms with Crippen LogP contribution in [0.25, 0.3) is 6.08 Å². The monoisotopic (exact) mass is 454 g/mol. The summed E-state index contributed by atoms with van der Waals surface area (Å²) in [4.78, 5) is 28.4. The molecular weight excluding hydrogens is 428 g/mol. The smallest absolute Gasteiger partial charge is 0.260 e. The molecule has 2 aliphatic rings. The van der Waals surface area contributed by atoms with Crippen LogP contribution in [-0.4, -0.2) is 35.1 Å². The van der Waals surface area contributed by atoms with Gasteiger partial charge in [0, 0.05) is 35.8 Å². The van der Waals surface area contributed by atoms with Crippen molar-refractivity contribution < 1.29 is 9.59 Å². The number of thioether (sulfide) groups is 1. The van der Waals surface area contributed by atoms with Crippen molar-refractivity contribution in [2.45, 2.75) is 44.0 Å². The molecule has 1 aliphatic carbocycles. The summed E-state index contributed by atoms with van der Waals surface area (Å²) < 4.78 is 0. The first kappa shape index (κ1) is 22.0. The molecule has 6 heteroatoms. The largest absolute Gasteiger partial charge is 0.352 e. The zero-order chi connectivity index (χ0) is 22.0. The van der Waals surface area contributed by atoms with Gasteiger partial charge in [0.15, 0.2) is 0 Å². The first-order chi connectivity index (χ1) is 14.9. The second kappa shape index (κ2) is 9.49. The molecule has 0 radical (unpaired) electrons. The maximum absolute atomic E-state index is 13.0. The van der Waals surface area contributed by atoms with E-state index in [1.807, 2.05) is 54.4 Å². The highest BCUT2D eigenvalue weighted by Crippen LogP contribution is 2.43. The summed E-state index contributed by atoms with van der Waals surface area (Å²) in [7, 11) is 1.86. The number of likely N-dealkylation sites (N-methyl/N-ethyl adjacent to an activating group) is 1. The van der Waals surface area contributed by atoms with Crippen LogP contribution in [0.3, 0.4) is 0 Å². The predicted molar refractivity (Wildman–Crippen MR) is 128 cm³/mol. The van der Waals surface area contributed by atoms with E-state index in [1.54, 1.807) is 11.8 Å². The van der Waals surface area contributed by atoms with Gasteiger partial charge in [-0.15, -0.1) is 11.8 Å². The number of fused-ring (bicyclic) bond motifs is 1. The summed E-state index contributed by atoms with van der Waals surface area (Å²) in [6, 6.07) is 15.8. The van der Waals surface area contributed by atoms with E-state index in [0.717, 1.165) is 28.9 Å². The normalized spacial score (nSPS) is 24.7. The summed E-state index contributed by atoms with van der Waals surface area (Å²) in [5.41, 5.74) is 3.24. The van der Waals surface area contributed by atoms with Gasteiger partial charge in [0.2, 0.25) is 5.91 Å². The van der Waals surface area contributed by atoms with E-state index in [2.05, 4.69) is 24.4 Å². The Kier molecular flexibility index (Phi) is 6.73. The molecule has 4 rings (SSSR count). The molecule has 1 saturated carbocycles. The van der Waals surface area contributed by atoms with Crippen LogP contribution in [0.1, 0.15) is 36.0 Å². The zero-order valence-corrected chi connectivity index (χ0v) is 19.4. The standard InChI is InChI=1S/C25H27ClN2O2S/c1-16-6-8-17(9-7-16)15-27-24(29)19-10-11-22-21(14-19)28(2)25(30)23(31-22)13-18-4-3-5-20(26)12-18/h3-9,12-13,19,21-22H,10-11,14-15H2,1-2H3,(H,27,29)/b23-13-. The van der Waals surface area contributed by atoms with Gasteiger partial charge in [0.05, 0.1) is 4.91 Å². The maximum Gasteiger partial charge on any atom is 0.260 e. The quantitative estimate of drug-likeness (QED) is 0.658. The molecule has 2 aromatic carbocycles. The van der Waals surface area contributed by atoms with E-state index in [1.165, 1.54) is 5.56 Å². The van der Waals surface area contributed by atoms with Gasteiger partial charge in [-0.3, -0.25) is 9.59 Å². The van der Waals surface area contributed by atoms with Crippen LogP contribution in [0.2, 0.25) is 5.02 Å². The lowest BCUT2D eigenvalue weighted by molar-refractivity contribution is -0.132. The first-order valence-electron chi connectivity index (χ1n) is 10.6. The van der Waals surface area contributed by atoms with Crippen molar-refractivity contribution in [1.82, 2.24) is 10.2 Å². The van der Waals surface area contributed by atoms with Crippen LogP contribution < -0.4 is 5.32 Å². The van der Waals surface area contributed by atoms with E-state index in [0.29, 0.717) is 23.2 Å². The first-order valence-corrected chi connectivity index (χ1v) is 11.9. The van der Waals surface area contributed by atoms with E-state index < -0.39 is 0 Å². The van der Waals surface area contributed by atoms with Crippen molar-refractivity contribution in [3.05, 3.63) is 75.1 Å². The number of rotatable bonds is 4. The molecule has 162 valence electrons. The van der Waals surface area contributed by atoms with Gasteiger partial charge in [-0.05, 0) is 55.5 Å². The minimum atomic E-state index is -0.0546. The Balaban J connectivity index is 1.39. The maximum atomic E-state index is 13.0. The van der Waals surface area contributed by atoms with E-state index in [9.17, 15) is 9.59 Å². The lowest BCUT2D eigenvalue weighted by Gasteiger charge is -2.44. The highest BCUT2D eigenvalue weighted by atomic mass is 35.5. The third-order valence-corrected chi connectivity index (χ3v) is 7.80. The van der Waals surface area contributed by atoms with Crippen molar-refractivity contribution >= 4 is 41.3 Å². The average molecular weight is 455 g/mol. The number of benzene rings is 2. The molecule has 3 atom stereocenters. The Labute approximate surface area is 193 Å². The summed E-state index contributed by atoms with van der Waals surface area (Å²) in [6.45, 7) is 2.59. The summed E-state index contributed by atoms with van der Waals surface area (Å²) in [5, 5.41) is 4.06. The molecule has 1 N–H and O–H groups in total. The Bertz CT molecular complexity index is 1000. The molecule has 1 saturated heterocycles. The number of nitrogens with one attached hydrogen (secondary N) is 1. The third kappa shape index (κ3) is 5.16. The van der Waals surface area contributed by atoms with Crippen LogP contribution in [0.4, 0.5) is 0 Å². The van der Waals surface area contributed by atoms with Gasteiger partial charge in [-0.1, -0.05) is 53.6 Å². The van der Waals surface area contributed by atoms with Crippen molar-refractivity contribution in [2.75, 3.05) is 7.05 Å². The number of nitrogens with zero attached hydrogens (tertiary/aromatic N) is 1. The fourth-order valence-electron chi connectivity index (χ4n) is 4.32. The molecule has 31 heavy (non-hydrogen) atoms. The van der Waals surface area contributed by atoms with Gasteiger partial charge in [0.1, 0.15) is 0 Å². The number of hydrogen-bond donors (Lipinski definition) is 1. The van der Waals surface area contributed by atoms with Crippen LogP contribution in [0.15, 0.2) is 53.4 Å². The van der Waals surface area contributed by atoms with Gasteiger partial charge in [-0.25, -0.2) is 0 Å². The number of hydrogen-bond acceptors (Lipinski definition) is 3. The highest BCUT2D eigenvalue weighted by Gasteiger charge is 2.42. The summed E-state index contributed by atoms with van der Waals surface area (Å²) in [6.07, 6.45) is 4.40. The fourth-order valence-corrected chi connectivity index (χ4v) is 6.00. The van der Waals surface area contributed by atoms with Gasteiger partial charge >= 0.3 is 0 Å². The number of carbonyl (C=O) groups is 2. The molecule has 2 amide bonds. The minimum absolute atomic E-state index is 0.0203. The van der Waals surface area contributed by atoms with Gasteiger partial charge < -0.3 is 10.2 Å². The second-order valence-electron chi connectivity index (χ2n) is 8.42. The van der Waals surface area contributed by atoms with Crippen molar-refractivity contribution in [3.63, 3.8) is 0 Å². The predicted octanol–water partition coefficient (Wildman–Crippen LogP) is 5.05. The van der Waals surface area contributed by atoms with Crippen LogP contribution in [0, 0.1) is 12.8 Å². The lowest BCUT2D eigenvalue weighted by atomic mass is 9.83. The zero-order valence-electron chi connectivity index (χ0n) is 17.8. The average Bonchev–Trinajstić information content (AvgIpc) is 2.76. The summed E-state index contributed by atoms with van der Waals surface area (Å²) in [5.74, 6) is 0.0538. The Morgan fingerprint density at radius 2 is 2.00 bits per heavy atom. The Morgan fingerprint density at radius 1 is 1.23 bits per heavy atom. The molecule has 0 spiro atoms. The fraction of sp³-hybridized carbons (Fsp3) is 0.360. The molecule has 0 aromatic heterocycles. The molecule has 1 aliphatic heterocycles. The van der Waals surface area contributed by atoms with Gasteiger partial charge in [-0.2, -0.15) is 0 Å². The Hall–Kier alpha value is -2.24. The van der Waals surface area contributed by atoms with E-state index in [-0.39, 0.29) is 23.8 Å². The van der Waals surface area contributed by atoms with E-state index in [4.69, 9.17) is 11.6 Å². The Morgan fingerprint density at radius 3 is 2.74 bits per heavy atom. The molecule has 2 aromatic rings. The molecule has 2 fully saturated rings. The number of carbonyl (C=O) groups excluding carboxylic acids is 2. The van der Waals surface area contributed by atoms with Crippen molar-refractivity contribution in [1.29, 1.82) is 0 Å². The number of aryl methyl sites for hydroxylation is 1. The molecule has 0 bridgehead atoms. The summed E-state index contributed by atoms with van der Waals surface area (Å²) >= 11 is 7.73. The van der Waals surface area contributed by atoms with Crippen molar-refractivity contribution in [2.24, 2.45) is 5.92 Å².